The molecule has 28 heavy (non-hydrogen) atoms. The second kappa shape index (κ2) is 9.45. The Hall–Kier alpha value is -2.03. The maximum absolute atomic E-state index is 9.36. The van der Waals surface area contributed by atoms with E-state index >= 15 is 0 Å². The van der Waals surface area contributed by atoms with Crippen molar-refractivity contribution in [2.24, 2.45) is 0 Å². The average Bonchev–Trinajstić information content (AvgIpc) is 2.66. The van der Waals surface area contributed by atoms with Crippen molar-refractivity contribution in [1.82, 2.24) is 0 Å². The van der Waals surface area contributed by atoms with Gasteiger partial charge in [-0.2, -0.15) is 0 Å². The second-order valence-corrected chi connectivity index (χ2v) is 7.61. The zero-order valence-electron chi connectivity index (χ0n) is 15.7. The van der Waals surface area contributed by atoms with Crippen LogP contribution in [0.2, 0.25) is 0 Å². The minimum absolute atomic E-state index is 0.0298. The summed E-state index contributed by atoms with van der Waals surface area (Å²) in [5, 5.41) is 0. The van der Waals surface area contributed by atoms with Crippen LogP contribution in [0.1, 0.15) is 11.1 Å². The molecule has 10 heteroatoms. The van der Waals surface area contributed by atoms with Crippen LogP contribution < -0.4 is 23.5 Å². The van der Waals surface area contributed by atoms with Gasteiger partial charge >= 0.3 is 171 Å². The summed E-state index contributed by atoms with van der Waals surface area (Å²) in [5.74, 6) is 1.87. The minimum atomic E-state index is -4.82. The predicted octanol–water partition coefficient (Wildman–Crippen LogP) is 3.42. The summed E-state index contributed by atoms with van der Waals surface area (Å²) in [6.07, 6.45) is 3.40. The molecule has 0 saturated heterocycles. The Balaban J connectivity index is 2.50. The van der Waals surface area contributed by atoms with Crippen molar-refractivity contribution in [3.63, 3.8) is 0 Å². The van der Waals surface area contributed by atoms with Gasteiger partial charge in [-0.15, -0.1) is 0 Å². The van der Waals surface area contributed by atoms with Gasteiger partial charge in [0.1, 0.15) is 0 Å². The molecule has 8 nitrogen and oxygen atoms in total. The monoisotopic (exact) mass is 476 g/mol. The Morgan fingerprint density at radius 1 is 0.786 bits per heavy atom. The number of hydrogen-bond donors (Lipinski definition) is 3. The summed E-state index contributed by atoms with van der Waals surface area (Å²) in [6, 6.07) is 6.81. The van der Waals surface area contributed by atoms with E-state index in [4.69, 9.17) is 23.5 Å². The third kappa shape index (κ3) is 5.27. The van der Waals surface area contributed by atoms with Crippen LogP contribution in [-0.2, 0) is 0 Å². The number of halogens is 1. The maximum atomic E-state index is 9.36. The Kier molecular flexibility index (Phi) is 7.51. The van der Waals surface area contributed by atoms with Gasteiger partial charge in [-0.25, -0.2) is 0 Å². The van der Waals surface area contributed by atoms with Gasteiger partial charge < -0.3 is 0 Å². The normalized spacial score (nSPS) is 12.0. The van der Waals surface area contributed by atoms with Crippen molar-refractivity contribution in [3.8, 4) is 28.7 Å². The molecule has 0 aliphatic carbocycles. The summed E-state index contributed by atoms with van der Waals surface area (Å²) < 4.78 is 26.4. The molecular formula is C18H22BrO8P. The summed E-state index contributed by atoms with van der Waals surface area (Å²) >= 11 is 3.28. The fourth-order valence-corrected chi connectivity index (χ4v) is 3.71. The molecular weight excluding hydrogens is 455 g/mol. The quantitative estimate of drug-likeness (QED) is 0.393. The molecule has 2 aromatic carbocycles. The average molecular weight is 477 g/mol. The van der Waals surface area contributed by atoms with Crippen LogP contribution in [0.25, 0.3) is 12.2 Å². The van der Waals surface area contributed by atoms with Crippen LogP contribution in [0, 0.1) is 0 Å². The van der Waals surface area contributed by atoms with Crippen molar-refractivity contribution in [2.45, 2.75) is 0 Å². The molecule has 0 saturated carbocycles. The van der Waals surface area contributed by atoms with E-state index in [2.05, 4.69) is 15.9 Å². The molecule has 0 bridgehead atoms. The molecule has 0 aliphatic rings. The van der Waals surface area contributed by atoms with Crippen LogP contribution in [0.3, 0.4) is 0 Å². The number of benzene rings is 2. The van der Waals surface area contributed by atoms with Gasteiger partial charge in [0.05, 0.1) is 0 Å². The summed E-state index contributed by atoms with van der Waals surface area (Å²) in [7, 11) is 1.19. The van der Waals surface area contributed by atoms with Crippen molar-refractivity contribution in [3.05, 3.63) is 39.9 Å². The number of hydrogen-bond acceptors (Lipinski definition) is 8. The molecule has 0 heterocycles. The van der Waals surface area contributed by atoms with E-state index in [9.17, 15) is 14.7 Å². The van der Waals surface area contributed by atoms with Gasteiger partial charge in [0.15, 0.2) is 0 Å². The van der Waals surface area contributed by atoms with Crippen LogP contribution in [0.4, 0.5) is 0 Å². The van der Waals surface area contributed by atoms with E-state index in [1.165, 1.54) is 28.4 Å². The van der Waals surface area contributed by atoms with Crippen LogP contribution >= 0.6 is 24.1 Å². The van der Waals surface area contributed by atoms with E-state index in [-0.39, 0.29) is 5.75 Å². The molecule has 2 rings (SSSR count). The molecule has 154 valence electrons. The van der Waals surface area contributed by atoms with Crippen LogP contribution in [-0.4, -0.2) is 43.1 Å². The Bertz CT molecular complexity index is 838. The van der Waals surface area contributed by atoms with Gasteiger partial charge in [-0.1, -0.05) is 0 Å². The molecule has 0 aromatic heterocycles. The Morgan fingerprint density at radius 3 is 1.82 bits per heavy atom. The molecule has 2 aromatic rings. The molecule has 3 N–H and O–H groups in total. The van der Waals surface area contributed by atoms with Gasteiger partial charge in [0, 0.05) is 0 Å². The zero-order chi connectivity index (χ0) is 20.9. The predicted molar refractivity (Wildman–Crippen MR) is 111 cm³/mol. The number of ether oxygens (including phenoxy) is 4. The van der Waals surface area contributed by atoms with Crippen LogP contribution in [0.15, 0.2) is 28.7 Å². The molecule has 0 amide bonds. The first-order valence-corrected chi connectivity index (χ1v) is 10.5. The topological polar surface area (TPSA) is 107 Å². The summed E-state index contributed by atoms with van der Waals surface area (Å²) in [5.41, 5.74) is 1.20. The third-order valence-corrected chi connectivity index (χ3v) is 4.92. The first-order valence-electron chi connectivity index (χ1n) is 7.94. The fourth-order valence-electron chi connectivity index (χ4n) is 2.47. The second-order valence-electron chi connectivity index (χ2n) is 5.47. The number of methoxy groups -OCH3 is 4. The van der Waals surface area contributed by atoms with Crippen molar-refractivity contribution in [2.75, 3.05) is 28.4 Å². The fraction of sp³-hybridized carbons (Fsp3) is 0.222. The van der Waals surface area contributed by atoms with E-state index in [0.29, 0.717) is 33.0 Å². The van der Waals surface area contributed by atoms with Crippen LogP contribution in [0.5, 0.6) is 28.7 Å². The van der Waals surface area contributed by atoms with Gasteiger partial charge in [-0.05, 0) is 0 Å². The third-order valence-electron chi connectivity index (χ3n) is 3.69. The summed E-state index contributed by atoms with van der Waals surface area (Å²) in [4.78, 5) is 28.1. The van der Waals surface area contributed by atoms with Crippen molar-refractivity contribution < 1.29 is 38.2 Å². The zero-order valence-corrected chi connectivity index (χ0v) is 18.3. The van der Waals surface area contributed by atoms with Gasteiger partial charge in [0.2, 0.25) is 0 Å². The Labute approximate surface area is 171 Å². The molecule has 0 spiro atoms. The first-order chi connectivity index (χ1) is 13.2. The molecule has 0 fully saturated rings. The summed E-state index contributed by atoms with van der Waals surface area (Å²) in [6.45, 7) is 0. The molecule has 0 atom stereocenters. The Morgan fingerprint density at radius 2 is 1.36 bits per heavy atom. The molecule has 0 unspecified atom stereocenters. The van der Waals surface area contributed by atoms with Crippen molar-refractivity contribution >= 4 is 36.3 Å². The van der Waals surface area contributed by atoms with E-state index in [1.54, 1.807) is 36.4 Å². The molecule has 0 aliphatic heterocycles. The standard InChI is InChI=1S/C18H22BrO8P/c1-23-13-8-7-12(17(16(13)19)27-28(20,21)22)6-5-11-9-14(24-2)18(26-4)15(10-11)25-3/h5-10,20-22,28H,1-4H3/b6-5-. The van der Waals surface area contributed by atoms with Crippen molar-refractivity contribution in [1.29, 1.82) is 0 Å². The van der Waals surface area contributed by atoms with E-state index < -0.39 is 8.17 Å². The van der Waals surface area contributed by atoms with Gasteiger partial charge in [0.25, 0.3) is 0 Å². The van der Waals surface area contributed by atoms with E-state index in [1.807, 2.05) is 0 Å². The van der Waals surface area contributed by atoms with Gasteiger partial charge in [-0.3, -0.25) is 0 Å². The van der Waals surface area contributed by atoms with E-state index in [0.717, 1.165) is 5.56 Å². The first kappa shape index (κ1) is 22.3. The molecule has 0 radical (unpaired) electrons. The SMILES string of the molecule is COc1ccc(/C=C\c2cc(OC)c(OC)c(OC)c2)c(O[PH](O)(O)O)c1Br. The number of rotatable bonds is 8.